The van der Waals surface area contributed by atoms with Crippen LogP contribution in [0.15, 0.2) is 40.8 Å². The maximum Gasteiger partial charge on any atom is 0.249 e. The van der Waals surface area contributed by atoms with E-state index in [1.165, 1.54) is 17.4 Å². The van der Waals surface area contributed by atoms with E-state index >= 15 is 0 Å². The summed E-state index contributed by atoms with van der Waals surface area (Å²) in [7, 11) is 0. The highest BCUT2D eigenvalue weighted by molar-refractivity contribution is 7.16. The monoisotopic (exact) mass is 396 g/mol. The van der Waals surface area contributed by atoms with Crippen molar-refractivity contribution in [3.63, 3.8) is 0 Å². The second-order valence-corrected chi connectivity index (χ2v) is 7.72. The van der Waals surface area contributed by atoms with Crippen molar-refractivity contribution in [3.8, 4) is 17.4 Å². The molecule has 2 heterocycles. The van der Waals surface area contributed by atoms with Gasteiger partial charge in [-0.15, -0.1) is 11.3 Å². The number of hydrogen-bond acceptors (Lipinski definition) is 4. The normalized spacial score (nSPS) is 10.9. The van der Waals surface area contributed by atoms with E-state index in [4.69, 9.17) is 16.0 Å². The van der Waals surface area contributed by atoms with Gasteiger partial charge in [-0.1, -0.05) is 23.7 Å². The minimum atomic E-state index is -0.316. The van der Waals surface area contributed by atoms with Crippen molar-refractivity contribution in [2.45, 2.75) is 20.8 Å². The minimum Gasteiger partial charge on any atom is -0.457 e. The van der Waals surface area contributed by atoms with Crippen molar-refractivity contribution in [2.24, 2.45) is 0 Å². The van der Waals surface area contributed by atoms with Crippen molar-refractivity contribution in [1.82, 2.24) is 0 Å². The molecule has 3 rings (SSSR count). The Labute approximate surface area is 166 Å². The summed E-state index contributed by atoms with van der Waals surface area (Å²) in [4.78, 5) is 13.2. The van der Waals surface area contributed by atoms with Crippen LogP contribution in [0.2, 0.25) is 5.02 Å². The van der Waals surface area contributed by atoms with E-state index in [0.29, 0.717) is 27.1 Å². The first kappa shape index (κ1) is 19.0. The molecule has 1 amide bonds. The second-order valence-electron chi connectivity index (χ2n) is 6.09. The molecular formula is C21H17ClN2O2S. The maximum absolute atomic E-state index is 12.2. The predicted molar refractivity (Wildman–Crippen MR) is 110 cm³/mol. The smallest absolute Gasteiger partial charge is 0.249 e. The number of amides is 1. The molecule has 0 saturated carbocycles. The van der Waals surface area contributed by atoms with Crippen LogP contribution in [0.4, 0.5) is 5.00 Å². The first-order chi connectivity index (χ1) is 12.9. The molecular weight excluding hydrogens is 380 g/mol. The van der Waals surface area contributed by atoms with Crippen LogP contribution in [-0.4, -0.2) is 5.91 Å². The van der Waals surface area contributed by atoms with Crippen LogP contribution in [0.25, 0.3) is 17.4 Å². The van der Waals surface area contributed by atoms with E-state index in [1.807, 2.05) is 45.0 Å². The number of carbonyl (C=O) groups is 1. The summed E-state index contributed by atoms with van der Waals surface area (Å²) in [5, 5.41) is 13.2. The summed E-state index contributed by atoms with van der Waals surface area (Å²) < 4.78 is 5.76. The van der Waals surface area contributed by atoms with Crippen LogP contribution in [0.1, 0.15) is 27.3 Å². The Kier molecular flexibility index (Phi) is 5.50. The summed E-state index contributed by atoms with van der Waals surface area (Å²) in [5.41, 5.74) is 3.28. The van der Waals surface area contributed by atoms with E-state index < -0.39 is 0 Å². The third kappa shape index (κ3) is 4.13. The summed E-state index contributed by atoms with van der Waals surface area (Å²) in [6, 6.07) is 11.5. The van der Waals surface area contributed by atoms with Crippen LogP contribution < -0.4 is 5.32 Å². The number of benzene rings is 1. The Bertz CT molecular complexity index is 1090. The number of furan rings is 1. The Morgan fingerprint density at radius 2 is 2.04 bits per heavy atom. The number of rotatable bonds is 4. The first-order valence-corrected chi connectivity index (χ1v) is 9.44. The van der Waals surface area contributed by atoms with Crippen LogP contribution in [0, 0.1) is 32.1 Å². The average Bonchev–Trinajstić information content (AvgIpc) is 3.21. The molecule has 0 saturated heterocycles. The number of nitrogens with one attached hydrogen (secondary N) is 1. The van der Waals surface area contributed by atoms with Gasteiger partial charge in [0, 0.05) is 21.5 Å². The highest BCUT2D eigenvalue weighted by Crippen LogP contribution is 2.31. The fourth-order valence-electron chi connectivity index (χ4n) is 2.50. The second kappa shape index (κ2) is 7.83. The zero-order valence-corrected chi connectivity index (χ0v) is 16.7. The van der Waals surface area contributed by atoms with Gasteiger partial charge in [-0.3, -0.25) is 4.79 Å². The summed E-state index contributed by atoms with van der Waals surface area (Å²) in [5.74, 6) is 0.910. The fourth-order valence-corrected chi connectivity index (χ4v) is 3.70. The first-order valence-electron chi connectivity index (χ1n) is 8.24. The van der Waals surface area contributed by atoms with Crippen molar-refractivity contribution in [3.05, 3.63) is 68.8 Å². The lowest BCUT2D eigenvalue weighted by atomic mass is 10.1. The number of aryl methyl sites for hydroxylation is 2. The van der Waals surface area contributed by atoms with E-state index in [2.05, 4.69) is 11.4 Å². The zero-order chi connectivity index (χ0) is 19.6. The molecule has 6 heteroatoms. The number of thiophene rings is 1. The van der Waals surface area contributed by atoms with Crippen molar-refractivity contribution in [1.29, 1.82) is 5.26 Å². The summed E-state index contributed by atoms with van der Waals surface area (Å²) in [6.07, 6.45) is 2.98. The highest BCUT2D eigenvalue weighted by atomic mass is 35.5. The minimum absolute atomic E-state index is 0.316. The Morgan fingerprint density at radius 3 is 2.74 bits per heavy atom. The van der Waals surface area contributed by atoms with Gasteiger partial charge in [-0.05, 0) is 56.2 Å². The molecule has 0 fully saturated rings. The molecule has 0 bridgehead atoms. The topological polar surface area (TPSA) is 66.0 Å². The third-order valence-electron chi connectivity index (χ3n) is 4.22. The summed E-state index contributed by atoms with van der Waals surface area (Å²) in [6.45, 7) is 5.74. The van der Waals surface area contributed by atoms with Gasteiger partial charge in [0.05, 0.1) is 5.56 Å². The van der Waals surface area contributed by atoms with E-state index in [1.54, 1.807) is 12.1 Å². The molecule has 0 radical (unpaired) electrons. The molecule has 0 spiro atoms. The standard InChI is InChI=1S/C21H17ClN2O2S/c1-12-4-5-15(10-18(12)22)19-8-6-16(26-19)7-9-20(25)24-21-17(11-23)13(2)14(3)27-21/h4-10H,1-3H3,(H,24,25)/b9-7+. The third-order valence-corrected chi connectivity index (χ3v) is 5.75. The molecule has 136 valence electrons. The van der Waals surface area contributed by atoms with Gasteiger partial charge in [0.1, 0.15) is 22.6 Å². The van der Waals surface area contributed by atoms with Gasteiger partial charge in [0.2, 0.25) is 5.91 Å². The molecule has 0 aliphatic heterocycles. The number of halogens is 1. The Balaban J connectivity index is 1.72. The van der Waals surface area contributed by atoms with Crippen LogP contribution in [-0.2, 0) is 4.79 Å². The highest BCUT2D eigenvalue weighted by Gasteiger charge is 2.13. The molecule has 1 N–H and O–H groups in total. The summed E-state index contributed by atoms with van der Waals surface area (Å²) >= 11 is 7.55. The van der Waals surface area contributed by atoms with Gasteiger partial charge in [0.25, 0.3) is 0 Å². The van der Waals surface area contributed by atoms with Gasteiger partial charge >= 0.3 is 0 Å². The van der Waals surface area contributed by atoms with Crippen LogP contribution >= 0.6 is 22.9 Å². The SMILES string of the molecule is Cc1ccc(-c2ccc(/C=C/C(=O)Nc3sc(C)c(C)c3C#N)o2)cc1Cl. The molecule has 1 aromatic carbocycles. The number of hydrogen-bond donors (Lipinski definition) is 1. The van der Waals surface area contributed by atoms with Crippen molar-refractivity contribution < 1.29 is 9.21 Å². The molecule has 0 aliphatic carbocycles. The molecule has 27 heavy (non-hydrogen) atoms. The Morgan fingerprint density at radius 1 is 1.26 bits per heavy atom. The van der Waals surface area contributed by atoms with Crippen LogP contribution in [0.3, 0.4) is 0 Å². The van der Waals surface area contributed by atoms with E-state index in [9.17, 15) is 10.1 Å². The lowest BCUT2D eigenvalue weighted by Crippen LogP contribution is -2.07. The fraction of sp³-hybridized carbons (Fsp3) is 0.143. The number of carbonyl (C=O) groups excluding carboxylic acids is 1. The lowest BCUT2D eigenvalue weighted by Gasteiger charge is -2.01. The largest absolute Gasteiger partial charge is 0.457 e. The van der Waals surface area contributed by atoms with Crippen molar-refractivity contribution >= 4 is 39.9 Å². The van der Waals surface area contributed by atoms with Gasteiger partial charge in [-0.2, -0.15) is 5.26 Å². The molecule has 3 aromatic rings. The number of nitriles is 1. The molecule has 4 nitrogen and oxygen atoms in total. The molecule has 2 aromatic heterocycles. The predicted octanol–water partition coefficient (Wildman–Crippen LogP) is 6.11. The lowest BCUT2D eigenvalue weighted by molar-refractivity contribution is -0.111. The van der Waals surface area contributed by atoms with Gasteiger partial charge in [0.15, 0.2) is 0 Å². The van der Waals surface area contributed by atoms with E-state index in [-0.39, 0.29) is 5.91 Å². The maximum atomic E-state index is 12.2. The van der Waals surface area contributed by atoms with Crippen molar-refractivity contribution in [2.75, 3.05) is 5.32 Å². The quantitative estimate of drug-likeness (QED) is 0.541. The van der Waals surface area contributed by atoms with Gasteiger partial charge in [-0.25, -0.2) is 0 Å². The van der Waals surface area contributed by atoms with Crippen LogP contribution in [0.5, 0.6) is 0 Å². The molecule has 0 atom stereocenters. The zero-order valence-electron chi connectivity index (χ0n) is 15.1. The molecule has 0 unspecified atom stereocenters. The average molecular weight is 397 g/mol. The number of nitrogens with zero attached hydrogens (tertiary/aromatic N) is 1. The van der Waals surface area contributed by atoms with Gasteiger partial charge < -0.3 is 9.73 Å². The Hall–Kier alpha value is -2.81. The molecule has 0 aliphatic rings. The number of anilines is 1. The van der Waals surface area contributed by atoms with E-state index in [0.717, 1.165) is 21.6 Å².